The van der Waals surface area contributed by atoms with Crippen molar-refractivity contribution >= 4 is 0 Å². The van der Waals surface area contributed by atoms with E-state index in [4.69, 9.17) is 0 Å². The Hall–Kier alpha value is -0.340. The van der Waals surface area contributed by atoms with Crippen molar-refractivity contribution in [3.8, 4) is 0 Å². The predicted molar refractivity (Wildman–Crippen MR) is 101 cm³/mol. The number of rotatable bonds is 15. The van der Waals surface area contributed by atoms with E-state index in [1.54, 1.807) is 0 Å². The number of unbranched alkanes of at least 4 members (excludes halogenated alkanes) is 6. The van der Waals surface area contributed by atoms with Gasteiger partial charge in [-0.25, -0.2) is 0 Å². The van der Waals surface area contributed by atoms with E-state index in [-0.39, 0.29) is 0 Å². The number of hydrogen-bond acceptors (Lipinski definition) is 2. The van der Waals surface area contributed by atoms with Crippen LogP contribution in [0.4, 0.5) is 0 Å². The molecule has 0 aliphatic carbocycles. The van der Waals surface area contributed by atoms with Crippen molar-refractivity contribution in [3.05, 3.63) is 12.7 Å². The van der Waals surface area contributed by atoms with E-state index in [2.05, 4.69) is 57.6 Å². The van der Waals surface area contributed by atoms with Crippen LogP contribution < -0.4 is 0 Å². The molecule has 0 bridgehead atoms. The Bertz CT molecular complexity index is 240. The van der Waals surface area contributed by atoms with Crippen molar-refractivity contribution in [2.24, 2.45) is 5.92 Å². The van der Waals surface area contributed by atoms with Gasteiger partial charge in [0.2, 0.25) is 0 Å². The highest BCUT2D eigenvalue weighted by molar-refractivity contribution is 4.79. The fraction of sp³-hybridized carbons (Fsp3) is 0.900. The Morgan fingerprint density at radius 1 is 0.727 bits per heavy atom. The van der Waals surface area contributed by atoms with E-state index in [9.17, 15) is 0 Å². The second kappa shape index (κ2) is 14.3. The molecule has 0 aliphatic heterocycles. The fourth-order valence-corrected chi connectivity index (χ4v) is 3.28. The highest BCUT2D eigenvalue weighted by Crippen LogP contribution is 2.20. The maximum atomic E-state index is 4.05. The topological polar surface area (TPSA) is 6.48 Å². The molecule has 1 atom stereocenters. The molecule has 0 aromatic rings. The summed E-state index contributed by atoms with van der Waals surface area (Å²) >= 11 is 0. The number of nitrogens with zero attached hydrogens (tertiary/aromatic N) is 2. The Kier molecular flexibility index (Phi) is 14.0. The van der Waals surface area contributed by atoms with Crippen LogP contribution in [0.5, 0.6) is 0 Å². The summed E-state index contributed by atoms with van der Waals surface area (Å²) in [5.41, 5.74) is 0. The van der Waals surface area contributed by atoms with Crippen LogP contribution >= 0.6 is 0 Å². The van der Waals surface area contributed by atoms with E-state index >= 15 is 0 Å². The minimum Gasteiger partial charge on any atom is -0.294 e. The molecule has 0 N–H and O–H groups in total. The third-order valence-electron chi connectivity index (χ3n) is 4.74. The van der Waals surface area contributed by atoms with Gasteiger partial charge in [-0.1, -0.05) is 57.9 Å². The van der Waals surface area contributed by atoms with Gasteiger partial charge < -0.3 is 0 Å². The Morgan fingerprint density at radius 3 is 1.73 bits per heavy atom. The smallest absolute Gasteiger partial charge is 0.0612 e. The SMILES string of the molecule is C=CC(CCCCCCCCC)CCCC(N(C)C)N(C)C. The van der Waals surface area contributed by atoms with Gasteiger partial charge >= 0.3 is 0 Å². The van der Waals surface area contributed by atoms with Crippen LogP contribution in [-0.4, -0.2) is 44.2 Å². The van der Waals surface area contributed by atoms with Gasteiger partial charge in [-0.15, -0.1) is 6.58 Å². The van der Waals surface area contributed by atoms with Crippen LogP contribution in [0, 0.1) is 5.92 Å². The molecular formula is C20H42N2. The normalized spacial score (nSPS) is 13.3. The largest absolute Gasteiger partial charge is 0.294 e. The molecule has 0 saturated carbocycles. The molecule has 0 fully saturated rings. The molecular weight excluding hydrogens is 268 g/mol. The van der Waals surface area contributed by atoms with Crippen molar-refractivity contribution in [2.45, 2.75) is 83.7 Å². The maximum Gasteiger partial charge on any atom is 0.0612 e. The summed E-state index contributed by atoms with van der Waals surface area (Å²) in [6.45, 7) is 6.33. The first-order valence-corrected chi connectivity index (χ1v) is 9.48. The quantitative estimate of drug-likeness (QED) is 0.222. The Labute approximate surface area is 141 Å². The van der Waals surface area contributed by atoms with Crippen molar-refractivity contribution in [1.82, 2.24) is 9.80 Å². The highest BCUT2D eigenvalue weighted by atomic mass is 15.3. The zero-order valence-electron chi connectivity index (χ0n) is 16.1. The summed E-state index contributed by atoms with van der Waals surface area (Å²) in [6, 6.07) is 0. The number of hydrogen-bond donors (Lipinski definition) is 0. The molecule has 0 radical (unpaired) electrons. The van der Waals surface area contributed by atoms with E-state index in [0.717, 1.165) is 5.92 Å². The lowest BCUT2D eigenvalue weighted by Crippen LogP contribution is -2.40. The molecule has 0 aromatic carbocycles. The average Bonchev–Trinajstić information content (AvgIpc) is 2.47. The molecule has 0 saturated heterocycles. The summed E-state index contributed by atoms with van der Waals surface area (Å²) in [6.07, 6.45) is 17.8. The molecule has 0 rings (SSSR count). The maximum absolute atomic E-state index is 4.05. The number of allylic oxidation sites excluding steroid dienone is 1. The monoisotopic (exact) mass is 310 g/mol. The van der Waals surface area contributed by atoms with Crippen LogP contribution in [0.3, 0.4) is 0 Å². The van der Waals surface area contributed by atoms with Crippen LogP contribution in [-0.2, 0) is 0 Å². The second-order valence-electron chi connectivity index (χ2n) is 7.24. The summed E-state index contributed by atoms with van der Waals surface area (Å²) in [4.78, 5) is 4.64. The highest BCUT2D eigenvalue weighted by Gasteiger charge is 2.14. The lowest BCUT2D eigenvalue weighted by Gasteiger charge is -2.30. The van der Waals surface area contributed by atoms with Crippen LogP contribution in [0.2, 0.25) is 0 Å². The molecule has 2 nitrogen and oxygen atoms in total. The average molecular weight is 311 g/mol. The third kappa shape index (κ3) is 11.3. The van der Waals surface area contributed by atoms with E-state index < -0.39 is 0 Å². The fourth-order valence-electron chi connectivity index (χ4n) is 3.28. The summed E-state index contributed by atoms with van der Waals surface area (Å²) in [5.74, 6) is 0.723. The molecule has 0 aliphatic rings. The molecule has 0 spiro atoms. The molecule has 132 valence electrons. The van der Waals surface area contributed by atoms with E-state index in [1.165, 1.54) is 70.6 Å². The minimum absolute atomic E-state index is 0.559. The molecule has 1 unspecified atom stereocenters. The Morgan fingerprint density at radius 2 is 1.23 bits per heavy atom. The van der Waals surface area contributed by atoms with Crippen molar-refractivity contribution in [3.63, 3.8) is 0 Å². The lowest BCUT2D eigenvalue weighted by atomic mass is 9.94. The van der Waals surface area contributed by atoms with Gasteiger partial charge in [0, 0.05) is 0 Å². The minimum atomic E-state index is 0.559. The van der Waals surface area contributed by atoms with Crippen molar-refractivity contribution < 1.29 is 0 Å². The third-order valence-corrected chi connectivity index (χ3v) is 4.74. The standard InChI is InChI=1S/C20H42N2/c1-7-9-10-11-12-13-14-16-19(8-2)17-15-18-20(21(3)4)22(5)6/h8,19-20H,2,7,9-18H2,1,3-6H3. The summed E-state index contributed by atoms with van der Waals surface area (Å²) in [5, 5.41) is 0. The van der Waals surface area contributed by atoms with E-state index in [0.29, 0.717) is 6.17 Å². The zero-order chi connectivity index (χ0) is 16.8. The first kappa shape index (κ1) is 21.7. The summed E-state index contributed by atoms with van der Waals surface area (Å²) in [7, 11) is 8.70. The van der Waals surface area contributed by atoms with E-state index in [1.807, 2.05) is 0 Å². The van der Waals surface area contributed by atoms with Gasteiger partial charge in [-0.3, -0.25) is 9.80 Å². The van der Waals surface area contributed by atoms with Crippen molar-refractivity contribution in [2.75, 3.05) is 28.2 Å². The van der Waals surface area contributed by atoms with Crippen LogP contribution in [0.15, 0.2) is 12.7 Å². The van der Waals surface area contributed by atoms with Crippen LogP contribution in [0.25, 0.3) is 0 Å². The van der Waals surface area contributed by atoms with Gasteiger partial charge in [0.15, 0.2) is 0 Å². The molecule has 0 heterocycles. The van der Waals surface area contributed by atoms with Gasteiger partial charge in [0.05, 0.1) is 6.17 Å². The first-order chi connectivity index (χ1) is 10.5. The molecule has 0 amide bonds. The summed E-state index contributed by atoms with van der Waals surface area (Å²) < 4.78 is 0. The van der Waals surface area contributed by atoms with Crippen molar-refractivity contribution in [1.29, 1.82) is 0 Å². The molecule has 2 heteroatoms. The molecule has 0 aromatic heterocycles. The van der Waals surface area contributed by atoms with Gasteiger partial charge in [-0.05, 0) is 59.8 Å². The van der Waals surface area contributed by atoms with Crippen LogP contribution in [0.1, 0.15) is 77.6 Å². The molecule has 22 heavy (non-hydrogen) atoms. The second-order valence-corrected chi connectivity index (χ2v) is 7.24. The van der Waals surface area contributed by atoms with Gasteiger partial charge in [0.25, 0.3) is 0 Å². The van der Waals surface area contributed by atoms with Gasteiger partial charge in [0.1, 0.15) is 0 Å². The zero-order valence-corrected chi connectivity index (χ0v) is 16.1. The lowest BCUT2D eigenvalue weighted by molar-refractivity contribution is 0.116. The predicted octanol–water partition coefficient (Wildman–Crippen LogP) is 5.55. The first-order valence-electron chi connectivity index (χ1n) is 9.48. The van der Waals surface area contributed by atoms with Gasteiger partial charge in [-0.2, -0.15) is 0 Å². The Balaban J connectivity index is 3.72.